The number of rotatable bonds is 2. The van der Waals surface area contributed by atoms with Crippen LogP contribution in [0.5, 0.6) is 28.7 Å². The Morgan fingerprint density at radius 2 is 1.00 bits per heavy atom. The zero-order chi connectivity index (χ0) is 30.4. The van der Waals surface area contributed by atoms with E-state index in [1.165, 1.54) is 24.3 Å². The van der Waals surface area contributed by atoms with Gasteiger partial charge in [-0.25, -0.2) is 0 Å². The predicted octanol–water partition coefficient (Wildman–Crippen LogP) is 3.98. The summed E-state index contributed by atoms with van der Waals surface area (Å²) in [5.41, 5.74) is 4.19. The first-order valence-electron chi connectivity index (χ1n) is 12.9. The second kappa shape index (κ2) is 15.8. The maximum absolute atomic E-state index is 11.5. The van der Waals surface area contributed by atoms with Crippen molar-refractivity contribution in [3.63, 3.8) is 0 Å². The van der Waals surface area contributed by atoms with Crippen molar-refractivity contribution in [2.24, 2.45) is 0 Å². The Bertz CT molecular complexity index is 1870. The van der Waals surface area contributed by atoms with Crippen LogP contribution >= 0.6 is 0 Å². The number of methoxy groups -OCH3 is 2. The maximum Gasteiger partial charge on any atom is 3.00 e. The molecule has 0 N–H and O–H groups in total. The fraction of sp³-hybridized carbons (Fsp3) is 0.152. The minimum absolute atomic E-state index is 0. The van der Waals surface area contributed by atoms with Crippen LogP contribution in [0.15, 0.2) is 72.8 Å². The van der Waals surface area contributed by atoms with Crippen molar-refractivity contribution in [1.29, 1.82) is 5.26 Å². The summed E-state index contributed by atoms with van der Waals surface area (Å²) < 4.78 is 10.4. The van der Waals surface area contributed by atoms with Gasteiger partial charge in [0.2, 0.25) is 0 Å². The average Bonchev–Trinajstić information content (AvgIpc) is 2.98. The van der Waals surface area contributed by atoms with Gasteiger partial charge in [0.15, 0.2) is 0 Å². The Morgan fingerprint density at radius 1 is 0.568 bits per heavy atom. The van der Waals surface area contributed by atoms with E-state index in [-0.39, 0.29) is 52.0 Å². The van der Waals surface area contributed by atoms with Crippen molar-refractivity contribution >= 4 is 67.4 Å². The molecule has 0 aliphatic heterocycles. The Balaban J connectivity index is 0.000000225. The van der Waals surface area contributed by atoms with Gasteiger partial charge < -0.3 is 24.8 Å². The van der Waals surface area contributed by atoms with E-state index < -0.39 is 0 Å². The molecule has 3 aromatic carbocycles. The summed E-state index contributed by atoms with van der Waals surface area (Å²) in [6.07, 6.45) is 0. The van der Waals surface area contributed by atoms with Crippen molar-refractivity contribution in [2.75, 3.05) is 14.2 Å². The molecule has 0 radical (unpaired) electrons. The number of benzene rings is 3. The van der Waals surface area contributed by atoms with Gasteiger partial charge in [-0.2, -0.15) is 5.26 Å². The van der Waals surface area contributed by atoms with Crippen molar-refractivity contribution in [1.82, 2.24) is 15.0 Å². The summed E-state index contributed by atoms with van der Waals surface area (Å²) in [7, 11) is 3.18. The Hall–Kier alpha value is -4.56. The summed E-state index contributed by atoms with van der Waals surface area (Å²) in [6.45, 7) is 5.50. The molecule has 0 atom stereocenters. The van der Waals surface area contributed by atoms with Crippen molar-refractivity contribution in [3.05, 3.63) is 95.4 Å². The number of hydrogen-bond donors (Lipinski definition) is 0. The van der Waals surface area contributed by atoms with Crippen LogP contribution in [0, 0.1) is 32.1 Å². The molecule has 0 amide bonds. The summed E-state index contributed by atoms with van der Waals surface area (Å²) in [6, 6.07) is 22.3. The van der Waals surface area contributed by atoms with Gasteiger partial charge in [0.05, 0.1) is 42.4 Å². The monoisotopic (exact) mass is 613 g/mol. The van der Waals surface area contributed by atoms with E-state index in [4.69, 9.17) is 14.7 Å². The molecule has 0 saturated heterocycles. The zero-order valence-corrected chi connectivity index (χ0v) is 27.2. The van der Waals surface area contributed by atoms with Crippen molar-refractivity contribution in [2.45, 2.75) is 20.8 Å². The molecule has 212 valence electrons. The van der Waals surface area contributed by atoms with Crippen molar-refractivity contribution < 1.29 is 24.8 Å². The molecule has 6 rings (SSSR count). The molecule has 6 aromatic rings. The molecular formula is C33H27Al2N4O5+3. The standard InChI is InChI=1S/C11H8N2O.2C11H11NO2.2Al/c1-7-2-4-9-8(6-12)3-5-10(14)11(9)13-7;2*1-7-6-10(14-2)8-4-3-5-9(13)11(8)12-7;;/h2-5,14H,1H3;2*3-6,13H,1-2H3;;/q;;;2*+3/p-3. The minimum Gasteiger partial charge on any atom is -0.871 e. The first-order valence-corrected chi connectivity index (χ1v) is 12.9. The number of pyridine rings is 3. The molecule has 0 fully saturated rings. The first kappa shape index (κ1) is 35.6. The smallest absolute Gasteiger partial charge is 0.871 e. The van der Waals surface area contributed by atoms with Gasteiger partial charge in [-0.15, -0.1) is 0 Å². The molecule has 3 aromatic heterocycles. The summed E-state index contributed by atoms with van der Waals surface area (Å²) >= 11 is 0. The molecule has 0 aliphatic carbocycles. The van der Waals surface area contributed by atoms with Gasteiger partial charge in [-0.3, -0.25) is 15.0 Å². The normalized spacial score (nSPS) is 9.82. The summed E-state index contributed by atoms with van der Waals surface area (Å²) in [5.74, 6) is 1.13. The second-order valence-corrected chi connectivity index (χ2v) is 9.31. The van der Waals surface area contributed by atoms with Crippen LogP contribution in [0.2, 0.25) is 0 Å². The van der Waals surface area contributed by atoms with Gasteiger partial charge >= 0.3 is 34.7 Å². The van der Waals surface area contributed by atoms with E-state index in [1.807, 2.05) is 51.1 Å². The van der Waals surface area contributed by atoms with Crippen LogP contribution in [0.3, 0.4) is 0 Å². The van der Waals surface area contributed by atoms with E-state index in [2.05, 4.69) is 15.0 Å². The van der Waals surface area contributed by atoms with Crippen LogP contribution in [0.25, 0.3) is 32.7 Å². The van der Waals surface area contributed by atoms with Crippen LogP contribution in [-0.4, -0.2) is 63.9 Å². The van der Waals surface area contributed by atoms with Gasteiger partial charge in [0.25, 0.3) is 0 Å². The molecule has 0 aliphatic rings. The fourth-order valence-corrected chi connectivity index (χ4v) is 4.35. The molecule has 44 heavy (non-hydrogen) atoms. The quantitative estimate of drug-likeness (QED) is 0.264. The van der Waals surface area contributed by atoms with Gasteiger partial charge in [0.1, 0.15) is 11.5 Å². The molecule has 0 unspecified atom stereocenters. The van der Waals surface area contributed by atoms with Crippen LogP contribution < -0.4 is 24.8 Å². The largest absolute Gasteiger partial charge is 3.00 e. The number of nitrogens with zero attached hydrogens (tertiary/aromatic N) is 4. The van der Waals surface area contributed by atoms with Crippen molar-refractivity contribution in [3.8, 4) is 34.8 Å². The zero-order valence-electron chi connectivity index (χ0n) is 24.9. The summed E-state index contributed by atoms with van der Waals surface area (Å²) in [5, 5.41) is 45.4. The second-order valence-electron chi connectivity index (χ2n) is 9.31. The number of hydrogen-bond acceptors (Lipinski definition) is 9. The van der Waals surface area contributed by atoms with Crippen LogP contribution in [-0.2, 0) is 0 Å². The summed E-state index contributed by atoms with van der Waals surface area (Å²) in [4.78, 5) is 12.5. The maximum atomic E-state index is 11.5. The van der Waals surface area contributed by atoms with Gasteiger partial charge in [-0.1, -0.05) is 47.6 Å². The van der Waals surface area contributed by atoms with Gasteiger partial charge in [-0.05, 0) is 51.1 Å². The van der Waals surface area contributed by atoms with Crippen LogP contribution in [0.1, 0.15) is 22.6 Å². The molecule has 3 heterocycles. The fourth-order valence-electron chi connectivity index (χ4n) is 4.35. The SMILES string of the molecule is COc1cc(C)nc2c([O-])cccc12.COc1cc(C)nc2c([O-])cccc12.Cc1ccc2c(C#N)ccc([O-])c2n1.[Al+3].[Al+3]. The van der Waals surface area contributed by atoms with E-state index >= 15 is 0 Å². The number of nitriles is 1. The topological polar surface area (TPSA) is 150 Å². The molecule has 9 nitrogen and oxygen atoms in total. The van der Waals surface area contributed by atoms with E-state index in [0.717, 1.165) is 27.9 Å². The Morgan fingerprint density at radius 3 is 1.45 bits per heavy atom. The number of ether oxygens (including phenoxy) is 2. The van der Waals surface area contributed by atoms with Crippen LogP contribution in [0.4, 0.5) is 0 Å². The first-order chi connectivity index (χ1) is 20.2. The van der Waals surface area contributed by atoms with E-state index in [1.54, 1.807) is 38.5 Å². The number of aryl methyl sites for hydroxylation is 3. The van der Waals surface area contributed by atoms with Gasteiger partial charge in [0, 0.05) is 45.4 Å². The number of para-hydroxylation sites is 2. The molecular weight excluding hydrogens is 586 g/mol. The molecule has 0 saturated carbocycles. The molecule has 11 heteroatoms. The third-order valence-corrected chi connectivity index (χ3v) is 6.30. The predicted molar refractivity (Wildman–Crippen MR) is 167 cm³/mol. The number of fused-ring (bicyclic) bond motifs is 3. The minimum atomic E-state index is -0.136. The number of aromatic nitrogens is 3. The van der Waals surface area contributed by atoms with E-state index in [0.29, 0.717) is 39.0 Å². The average molecular weight is 614 g/mol. The molecule has 0 bridgehead atoms. The third kappa shape index (κ3) is 7.88. The molecule has 0 spiro atoms. The Labute approximate surface area is 276 Å². The van der Waals surface area contributed by atoms with E-state index in [9.17, 15) is 15.3 Å². The third-order valence-electron chi connectivity index (χ3n) is 6.30. The Kier molecular flexibility index (Phi) is 12.8.